The van der Waals surface area contributed by atoms with Crippen LogP contribution in [-0.4, -0.2) is 22.6 Å². The largest absolute Gasteiger partial charge is 0.365 e. The Hall–Kier alpha value is -1.39. The molecule has 76 valence electrons. The van der Waals surface area contributed by atoms with Crippen LogP contribution in [0, 0.1) is 5.82 Å². The summed E-state index contributed by atoms with van der Waals surface area (Å²) in [5.41, 5.74) is 0. The molecule has 1 aromatic heterocycles. The summed E-state index contributed by atoms with van der Waals surface area (Å²) < 4.78 is 13.2. The first-order valence-corrected chi connectivity index (χ1v) is 4.82. The highest BCUT2D eigenvalue weighted by molar-refractivity contribution is 5.42. The van der Waals surface area contributed by atoms with Crippen LogP contribution in [0.1, 0.15) is 19.8 Å². The van der Waals surface area contributed by atoms with Gasteiger partial charge < -0.3 is 10.6 Å². The van der Waals surface area contributed by atoms with Crippen LogP contribution in [0.25, 0.3) is 0 Å². The van der Waals surface area contributed by atoms with Gasteiger partial charge in [-0.3, -0.25) is 0 Å². The van der Waals surface area contributed by atoms with Crippen LogP contribution < -0.4 is 10.6 Å². The zero-order chi connectivity index (χ0) is 9.97. The van der Waals surface area contributed by atoms with E-state index in [0.29, 0.717) is 17.8 Å². The molecule has 0 bridgehead atoms. The van der Waals surface area contributed by atoms with E-state index in [-0.39, 0.29) is 0 Å². The molecule has 2 rings (SSSR count). The van der Waals surface area contributed by atoms with Crippen LogP contribution in [0.4, 0.5) is 16.2 Å². The number of aromatic nitrogens is 2. The number of rotatable bonds is 4. The molecule has 1 aliphatic carbocycles. The average molecular weight is 196 g/mol. The Kier molecular flexibility index (Phi) is 2.47. The van der Waals surface area contributed by atoms with Crippen molar-refractivity contribution in [1.29, 1.82) is 0 Å². The fourth-order valence-electron chi connectivity index (χ4n) is 1.13. The van der Waals surface area contributed by atoms with Crippen molar-refractivity contribution in [3.05, 3.63) is 12.0 Å². The van der Waals surface area contributed by atoms with Crippen molar-refractivity contribution in [3.63, 3.8) is 0 Å². The molecule has 4 nitrogen and oxygen atoms in total. The van der Waals surface area contributed by atoms with Crippen LogP contribution in [0.2, 0.25) is 0 Å². The standard InChI is InChI=1S/C9H13FN4/c1-2-11-9-12-5-7(10)8(14-9)13-6-3-4-6/h5-6H,2-4H2,1H3,(H2,11,12,13,14). The second kappa shape index (κ2) is 3.77. The third kappa shape index (κ3) is 2.10. The summed E-state index contributed by atoms with van der Waals surface area (Å²) in [4.78, 5) is 7.85. The van der Waals surface area contributed by atoms with Crippen LogP contribution in [0.5, 0.6) is 0 Å². The van der Waals surface area contributed by atoms with Crippen molar-refractivity contribution in [1.82, 2.24) is 9.97 Å². The van der Waals surface area contributed by atoms with Crippen LogP contribution >= 0.6 is 0 Å². The van der Waals surface area contributed by atoms with Crippen molar-refractivity contribution < 1.29 is 4.39 Å². The Balaban J connectivity index is 2.13. The molecule has 2 N–H and O–H groups in total. The van der Waals surface area contributed by atoms with E-state index in [1.165, 1.54) is 6.20 Å². The van der Waals surface area contributed by atoms with E-state index < -0.39 is 5.82 Å². The molecule has 1 heterocycles. The van der Waals surface area contributed by atoms with E-state index in [4.69, 9.17) is 0 Å². The van der Waals surface area contributed by atoms with Gasteiger partial charge in [-0.1, -0.05) is 0 Å². The molecule has 0 radical (unpaired) electrons. The van der Waals surface area contributed by atoms with Gasteiger partial charge in [-0.25, -0.2) is 9.37 Å². The third-order valence-electron chi connectivity index (χ3n) is 2.00. The molecule has 0 unspecified atom stereocenters. The van der Waals surface area contributed by atoms with Gasteiger partial charge in [0.05, 0.1) is 6.20 Å². The Morgan fingerprint density at radius 1 is 1.57 bits per heavy atom. The first-order valence-electron chi connectivity index (χ1n) is 4.82. The predicted octanol–water partition coefficient (Wildman–Crippen LogP) is 1.62. The van der Waals surface area contributed by atoms with Crippen molar-refractivity contribution in [3.8, 4) is 0 Å². The zero-order valence-electron chi connectivity index (χ0n) is 8.05. The molecule has 0 spiro atoms. The Morgan fingerprint density at radius 3 is 3.00 bits per heavy atom. The second-order valence-electron chi connectivity index (χ2n) is 3.34. The SMILES string of the molecule is CCNc1ncc(F)c(NC2CC2)n1. The number of nitrogens with one attached hydrogen (secondary N) is 2. The van der Waals surface area contributed by atoms with Crippen molar-refractivity contribution >= 4 is 11.8 Å². The number of halogens is 1. The lowest BCUT2D eigenvalue weighted by Crippen LogP contribution is -2.09. The topological polar surface area (TPSA) is 49.8 Å². The van der Waals surface area contributed by atoms with Crippen molar-refractivity contribution in [2.75, 3.05) is 17.2 Å². The fraction of sp³-hybridized carbons (Fsp3) is 0.556. The molecular formula is C9H13FN4. The first kappa shape index (κ1) is 9.18. The fourth-order valence-corrected chi connectivity index (χ4v) is 1.13. The molecule has 5 heteroatoms. The summed E-state index contributed by atoms with van der Waals surface area (Å²) in [5.74, 6) is 0.383. The van der Waals surface area contributed by atoms with E-state index in [1.54, 1.807) is 0 Å². The maximum atomic E-state index is 13.2. The lowest BCUT2D eigenvalue weighted by Gasteiger charge is -2.06. The lowest BCUT2D eigenvalue weighted by atomic mass is 10.5. The summed E-state index contributed by atoms with van der Waals surface area (Å²) >= 11 is 0. The van der Waals surface area contributed by atoms with Gasteiger partial charge >= 0.3 is 0 Å². The van der Waals surface area contributed by atoms with Gasteiger partial charge in [0.15, 0.2) is 11.6 Å². The van der Waals surface area contributed by atoms with E-state index in [0.717, 1.165) is 19.4 Å². The number of hydrogen-bond donors (Lipinski definition) is 2. The van der Waals surface area contributed by atoms with Crippen LogP contribution in [0.3, 0.4) is 0 Å². The van der Waals surface area contributed by atoms with Gasteiger partial charge in [0, 0.05) is 12.6 Å². The summed E-state index contributed by atoms with van der Waals surface area (Å²) in [5, 5.41) is 5.96. The van der Waals surface area contributed by atoms with Crippen molar-refractivity contribution in [2.24, 2.45) is 0 Å². The van der Waals surface area contributed by atoms with Crippen LogP contribution in [0.15, 0.2) is 6.20 Å². The summed E-state index contributed by atoms with van der Waals surface area (Å²) in [7, 11) is 0. The summed E-state index contributed by atoms with van der Waals surface area (Å²) in [6, 6.07) is 0.397. The summed E-state index contributed by atoms with van der Waals surface area (Å²) in [6.45, 7) is 2.68. The molecule has 1 saturated carbocycles. The molecule has 0 aromatic carbocycles. The van der Waals surface area contributed by atoms with Gasteiger partial charge in [-0.15, -0.1) is 0 Å². The summed E-state index contributed by atoms with van der Waals surface area (Å²) in [6.07, 6.45) is 3.38. The van der Waals surface area contributed by atoms with Crippen LogP contribution in [-0.2, 0) is 0 Å². The van der Waals surface area contributed by atoms with Crippen molar-refractivity contribution in [2.45, 2.75) is 25.8 Å². The van der Waals surface area contributed by atoms with Gasteiger partial charge in [-0.05, 0) is 19.8 Å². The Morgan fingerprint density at radius 2 is 2.36 bits per heavy atom. The van der Waals surface area contributed by atoms with Gasteiger partial charge in [0.25, 0.3) is 0 Å². The molecule has 1 fully saturated rings. The maximum absolute atomic E-state index is 13.2. The molecule has 0 atom stereocenters. The number of anilines is 2. The van der Waals surface area contributed by atoms with E-state index >= 15 is 0 Å². The highest BCUT2D eigenvalue weighted by Gasteiger charge is 2.23. The molecule has 0 saturated heterocycles. The first-order chi connectivity index (χ1) is 6.79. The number of hydrogen-bond acceptors (Lipinski definition) is 4. The molecule has 1 aliphatic rings. The molecule has 0 amide bonds. The Bertz CT molecular complexity index is 325. The van der Waals surface area contributed by atoms with Gasteiger partial charge in [0.1, 0.15) is 0 Å². The van der Waals surface area contributed by atoms with E-state index in [1.807, 2.05) is 6.92 Å². The lowest BCUT2D eigenvalue weighted by molar-refractivity contribution is 0.617. The van der Waals surface area contributed by atoms with Gasteiger partial charge in [0.2, 0.25) is 5.95 Å². The second-order valence-corrected chi connectivity index (χ2v) is 3.34. The third-order valence-corrected chi connectivity index (χ3v) is 2.00. The number of nitrogens with zero attached hydrogens (tertiary/aromatic N) is 2. The monoisotopic (exact) mass is 196 g/mol. The minimum Gasteiger partial charge on any atom is -0.365 e. The predicted molar refractivity (Wildman–Crippen MR) is 52.8 cm³/mol. The average Bonchev–Trinajstić information content (AvgIpc) is 2.95. The molecule has 0 aliphatic heterocycles. The normalized spacial score (nSPS) is 15.3. The zero-order valence-corrected chi connectivity index (χ0v) is 8.05. The van der Waals surface area contributed by atoms with E-state index in [2.05, 4.69) is 20.6 Å². The molecule has 14 heavy (non-hydrogen) atoms. The quantitative estimate of drug-likeness (QED) is 0.768. The van der Waals surface area contributed by atoms with E-state index in [9.17, 15) is 4.39 Å². The van der Waals surface area contributed by atoms with Gasteiger partial charge in [-0.2, -0.15) is 4.98 Å². The maximum Gasteiger partial charge on any atom is 0.224 e. The minimum absolute atomic E-state index is 0.304. The minimum atomic E-state index is -0.390. The highest BCUT2D eigenvalue weighted by atomic mass is 19.1. The highest BCUT2D eigenvalue weighted by Crippen LogP contribution is 2.25. The molecular weight excluding hydrogens is 183 g/mol. The smallest absolute Gasteiger partial charge is 0.224 e. The Labute approximate surface area is 82.0 Å². The molecule has 1 aromatic rings.